The quantitative estimate of drug-likeness (QED) is 0.590. The summed E-state index contributed by atoms with van der Waals surface area (Å²) in [6.07, 6.45) is -1.52. The Labute approximate surface area is 166 Å². The van der Waals surface area contributed by atoms with E-state index >= 15 is 0 Å². The van der Waals surface area contributed by atoms with Gasteiger partial charge in [0.15, 0.2) is 0 Å². The van der Waals surface area contributed by atoms with E-state index in [2.05, 4.69) is 37.6 Å². The number of hydrogen-bond acceptors (Lipinski definition) is 8. The average Bonchev–Trinajstić information content (AvgIpc) is 3.30. The summed E-state index contributed by atoms with van der Waals surface area (Å²) in [6, 6.07) is 9.83. The number of alkyl halides is 3. The molecule has 1 aromatic carbocycles. The second kappa shape index (κ2) is 8.22. The minimum absolute atomic E-state index is 0.472. The molecular weight excluding hydrogens is 409 g/mol. The molecule has 0 amide bonds. The lowest BCUT2D eigenvalue weighted by atomic mass is 10.1. The fourth-order valence-corrected chi connectivity index (χ4v) is 3.03. The zero-order chi connectivity index (χ0) is 21.0. The SMILES string of the molecule is Nc1cc(-c2nnc(Nc3ccc4c(c3)C=NC4)s2)ccn1.O=C(O)C(F)(F)F. The molecule has 1 aliphatic rings. The molecule has 0 radical (unpaired) electrons. The summed E-state index contributed by atoms with van der Waals surface area (Å²) in [7, 11) is 0. The van der Waals surface area contributed by atoms with E-state index < -0.39 is 12.1 Å². The Bertz CT molecular complexity index is 1070. The van der Waals surface area contributed by atoms with Crippen molar-refractivity contribution in [1.29, 1.82) is 0 Å². The summed E-state index contributed by atoms with van der Waals surface area (Å²) in [5, 5.41) is 20.3. The van der Waals surface area contributed by atoms with Gasteiger partial charge in [0.1, 0.15) is 10.8 Å². The number of carboxylic acids is 1. The molecule has 0 bridgehead atoms. The number of nitrogens with one attached hydrogen (secondary N) is 1. The van der Waals surface area contributed by atoms with Gasteiger partial charge in [-0.2, -0.15) is 13.2 Å². The van der Waals surface area contributed by atoms with Crippen LogP contribution in [0, 0.1) is 0 Å². The predicted molar refractivity (Wildman–Crippen MR) is 102 cm³/mol. The molecule has 3 aromatic rings. The van der Waals surface area contributed by atoms with Crippen molar-refractivity contribution in [3.8, 4) is 10.6 Å². The summed E-state index contributed by atoms with van der Waals surface area (Å²) < 4.78 is 31.7. The van der Waals surface area contributed by atoms with Gasteiger partial charge in [-0.25, -0.2) is 9.78 Å². The smallest absolute Gasteiger partial charge is 0.475 e. The fourth-order valence-electron chi connectivity index (χ4n) is 2.27. The molecular formula is C17H13F3N6O2S. The number of pyridine rings is 1. The molecule has 12 heteroatoms. The third kappa shape index (κ3) is 5.25. The first-order chi connectivity index (χ1) is 13.7. The Morgan fingerprint density at radius 2 is 1.97 bits per heavy atom. The Kier molecular flexibility index (Phi) is 5.73. The maximum atomic E-state index is 10.6. The van der Waals surface area contributed by atoms with E-state index in [1.807, 2.05) is 18.3 Å². The third-order valence-electron chi connectivity index (χ3n) is 3.58. The van der Waals surface area contributed by atoms with Gasteiger partial charge in [0, 0.05) is 23.7 Å². The van der Waals surface area contributed by atoms with E-state index in [1.54, 1.807) is 12.3 Å². The first-order valence-corrected chi connectivity index (χ1v) is 8.79. The molecule has 0 saturated heterocycles. The highest BCUT2D eigenvalue weighted by Gasteiger charge is 2.38. The molecule has 0 unspecified atom stereocenters. The van der Waals surface area contributed by atoms with Gasteiger partial charge in [-0.15, -0.1) is 10.2 Å². The number of fused-ring (bicyclic) bond motifs is 1. The van der Waals surface area contributed by atoms with Gasteiger partial charge >= 0.3 is 12.1 Å². The summed E-state index contributed by atoms with van der Waals surface area (Å²) in [5.41, 5.74) is 9.98. The maximum Gasteiger partial charge on any atom is 0.490 e. The summed E-state index contributed by atoms with van der Waals surface area (Å²) in [4.78, 5) is 17.1. The minimum atomic E-state index is -5.08. The normalized spacial score (nSPS) is 12.1. The van der Waals surface area contributed by atoms with E-state index in [-0.39, 0.29) is 0 Å². The number of aliphatic imine (C=N–C) groups is 1. The standard InChI is InChI=1S/C15H12N6S.C2HF3O2/c16-13-6-9(3-4-18-13)14-20-21-15(22-14)19-12-2-1-10-7-17-8-11(10)5-12;3-2(4,5)1(6)7/h1-6,8H,7H2,(H2,16,18)(H,19,21);(H,6,7). The van der Waals surface area contributed by atoms with E-state index in [9.17, 15) is 13.2 Å². The van der Waals surface area contributed by atoms with Crippen LogP contribution in [0.15, 0.2) is 41.5 Å². The minimum Gasteiger partial charge on any atom is -0.475 e. The molecule has 4 N–H and O–H groups in total. The number of carbonyl (C=O) groups is 1. The second-order valence-electron chi connectivity index (χ2n) is 5.69. The number of benzene rings is 1. The summed E-state index contributed by atoms with van der Waals surface area (Å²) in [5.74, 6) is -2.28. The van der Waals surface area contributed by atoms with Gasteiger partial charge in [0.2, 0.25) is 5.13 Å². The topological polar surface area (TPSA) is 126 Å². The van der Waals surface area contributed by atoms with E-state index in [4.69, 9.17) is 15.6 Å². The molecule has 2 aromatic heterocycles. The number of carboxylic acid groups (broad SMARTS) is 1. The van der Waals surface area contributed by atoms with Crippen LogP contribution in [0.3, 0.4) is 0 Å². The van der Waals surface area contributed by atoms with Crippen LogP contribution in [-0.4, -0.2) is 38.6 Å². The molecule has 4 rings (SSSR count). The largest absolute Gasteiger partial charge is 0.490 e. The van der Waals surface area contributed by atoms with Crippen molar-refractivity contribution in [2.45, 2.75) is 12.7 Å². The monoisotopic (exact) mass is 422 g/mol. The molecule has 0 saturated carbocycles. The highest BCUT2D eigenvalue weighted by molar-refractivity contribution is 7.18. The third-order valence-corrected chi connectivity index (χ3v) is 4.47. The van der Waals surface area contributed by atoms with E-state index in [1.165, 1.54) is 16.9 Å². The zero-order valence-electron chi connectivity index (χ0n) is 14.5. The van der Waals surface area contributed by atoms with Crippen LogP contribution < -0.4 is 11.1 Å². The van der Waals surface area contributed by atoms with Crippen molar-refractivity contribution in [3.63, 3.8) is 0 Å². The number of aliphatic carboxylic acids is 1. The maximum absolute atomic E-state index is 10.6. The summed E-state index contributed by atoms with van der Waals surface area (Å²) >= 11 is 1.47. The van der Waals surface area contributed by atoms with Crippen molar-refractivity contribution in [2.75, 3.05) is 11.1 Å². The Balaban J connectivity index is 0.000000298. The number of rotatable bonds is 3. The van der Waals surface area contributed by atoms with Gasteiger partial charge < -0.3 is 16.2 Å². The van der Waals surface area contributed by atoms with Crippen molar-refractivity contribution < 1.29 is 23.1 Å². The van der Waals surface area contributed by atoms with Crippen molar-refractivity contribution in [3.05, 3.63) is 47.7 Å². The first-order valence-electron chi connectivity index (χ1n) is 7.97. The molecule has 8 nitrogen and oxygen atoms in total. The average molecular weight is 422 g/mol. The highest BCUT2D eigenvalue weighted by Crippen LogP contribution is 2.29. The molecule has 0 fully saturated rings. The van der Waals surface area contributed by atoms with Crippen LogP contribution in [0.2, 0.25) is 0 Å². The Morgan fingerprint density at radius 1 is 1.21 bits per heavy atom. The van der Waals surface area contributed by atoms with Gasteiger partial charge in [-0.1, -0.05) is 17.4 Å². The van der Waals surface area contributed by atoms with Crippen molar-refractivity contribution >= 4 is 40.2 Å². The van der Waals surface area contributed by atoms with E-state index in [0.717, 1.165) is 33.5 Å². The molecule has 1 aliphatic heterocycles. The van der Waals surface area contributed by atoms with Gasteiger partial charge in [0.25, 0.3) is 0 Å². The molecule has 29 heavy (non-hydrogen) atoms. The number of nitrogen functional groups attached to an aromatic ring is 1. The molecule has 0 atom stereocenters. The molecule has 0 spiro atoms. The van der Waals surface area contributed by atoms with Crippen LogP contribution in [-0.2, 0) is 11.3 Å². The number of aromatic nitrogens is 3. The Morgan fingerprint density at radius 3 is 2.66 bits per heavy atom. The second-order valence-corrected chi connectivity index (χ2v) is 6.67. The zero-order valence-corrected chi connectivity index (χ0v) is 15.3. The fraction of sp³-hybridized carbons (Fsp3) is 0.118. The van der Waals surface area contributed by atoms with Gasteiger partial charge in [-0.3, -0.25) is 4.99 Å². The summed E-state index contributed by atoms with van der Waals surface area (Å²) in [6.45, 7) is 0.766. The predicted octanol–water partition coefficient (Wildman–Crippen LogP) is 3.49. The van der Waals surface area contributed by atoms with Gasteiger partial charge in [-0.05, 0) is 35.4 Å². The lowest BCUT2D eigenvalue weighted by Crippen LogP contribution is -2.21. The number of nitrogens with zero attached hydrogens (tertiary/aromatic N) is 4. The van der Waals surface area contributed by atoms with E-state index in [0.29, 0.717) is 5.82 Å². The lowest BCUT2D eigenvalue weighted by Gasteiger charge is -2.03. The Hall–Kier alpha value is -3.54. The number of anilines is 3. The number of hydrogen-bond donors (Lipinski definition) is 3. The number of nitrogens with two attached hydrogens (primary N) is 1. The number of halogens is 3. The van der Waals surface area contributed by atoms with Crippen molar-refractivity contribution in [2.24, 2.45) is 4.99 Å². The van der Waals surface area contributed by atoms with Crippen LogP contribution in [0.5, 0.6) is 0 Å². The molecule has 0 aliphatic carbocycles. The van der Waals surface area contributed by atoms with Crippen LogP contribution >= 0.6 is 11.3 Å². The van der Waals surface area contributed by atoms with Gasteiger partial charge in [0.05, 0.1) is 6.54 Å². The van der Waals surface area contributed by atoms with Crippen LogP contribution in [0.25, 0.3) is 10.6 Å². The molecule has 3 heterocycles. The first kappa shape index (κ1) is 20.2. The lowest BCUT2D eigenvalue weighted by molar-refractivity contribution is -0.192. The highest BCUT2D eigenvalue weighted by atomic mass is 32.1. The van der Waals surface area contributed by atoms with Crippen LogP contribution in [0.1, 0.15) is 11.1 Å². The van der Waals surface area contributed by atoms with Crippen LogP contribution in [0.4, 0.5) is 29.8 Å². The van der Waals surface area contributed by atoms with Crippen molar-refractivity contribution in [1.82, 2.24) is 15.2 Å². The molecule has 150 valence electrons.